The van der Waals surface area contributed by atoms with Gasteiger partial charge in [0, 0.05) is 44.3 Å². The number of halogens is 1. The van der Waals surface area contributed by atoms with E-state index in [2.05, 4.69) is 5.32 Å². The highest BCUT2D eigenvalue weighted by Crippen LogP contribution is 2.23. The molecule has 6 nitrogen and oxygen atoms in total. The Labute approximate surface area is 172 Å². The highest BCUT2D eigenvalue weighted by Gasteiger charge is 2.26. The van der Waals surface area contributed by atoms with Crippen LogP contribution in [0.4, 0.5) is 10.1 Å². The van der Waals surface area contributed by atoms with Gasteiger partial charge in [-0.3, -0.25) is 14.5 Å². The van der Waals surface area contributed by atoms with Gasteiger partial charge in [-0.15, -0.1) is 11.3 Å². The molecule has 0 atom stereocenters. The minimum atomic E-state index is -0.338. The van der Waals surface area contributed by atoms with Crippen LogP contribution in [0.1, 0.15) is 9.67 Å². The molecule has 3 aromatic rings. The van der Waals surface area contributed by atoms with Gasteiger partial charge in [0.05, 0.1) is 12.2 Å². The van der Waals surface area contributed by atoms with Crippen molar-refractivity contribution in [2.45, 2.75) is 0 Å². The van der Waals surface area contributed by atoms with Crippen LogP contribution in [0, 0.1) is 5.82 Å². The lowest BCUT2D eigenvalue weighted by Crippen LogP contribution is -2.50. The van der Waals surface area contributed by atoms with Crippen molar-refractivity contribution in [3.05, 3.63) is 70.9 Å². The third kappa shape index (κ3) is 4.55. The maximum atomic E-state index is 13.0. The summed E-state index contributed by atoms with van der Waals surface area (Å²) < 4.78 is 14.9. The van der Waals surface area contributed by atoms with Gasteiger partial charge >= 0.3 is 0 Å². The molecule has 2 amide bonds. The minimum absolute atomic E-state index is 0.0270. The Kier molecular flexibility index (Phi) is 5.73. The summed E-state index contributed by atoms with van der Waals surface area (Å²) in [4.78, 5) is 29.8. The number of piperazine rings is 1. The van der Waals surface area contributed by atoms with Crippen molar-refractivity contribution in [3.63, 3.8) is 0 Å². The topological polar surface area (TPSA) is 57.6 Å². The zero-order valence-electron chi connectivity index (χ0n) is 15.8. The number of hydrogen-bond acceptors (Lipinski definition) is 4. The fourth-order valence-electron chi connectivity index (χ4n) is 3.35. The van der Waals surface area contributed by atoms with Gasteiger partial charge in [0.1, 0.15) is 10.7 Å². The normalized spacial score (nSPS) is 14.7. The highest BCUT2D eigenvalue weighted by molar-refractivity contribution is 7.12. The molecular weight excluding hydrogens is 391 g/mol. The SMILES string of the molecule is O=C(CN1CCN(C(=O)c2sccc2-n2cccc2)CC1)Nc1ccc(F)cc1. The molecule has 4 rings (SSSR count). The number of amides is 2. The number of thiophene rings is 1. The maximum absolute atomic E-state index is 13.0. The number of nitrogens with zero attached hydrogens (tertiary/aromatic N) is 3. The van der Waals surface area contributed by atoms with E-state index in [9.17, 15) is 14.0 Å². The maximum Gasteiger partial charge on any atom is 0.266 e. The number of hydrogen-bond donors (Lipinski definition) is 1. The molecule has 150 valence electrons. The van der Waals surface area contributed by atoms with Crippen molar-refractivity contribution in [1.29, 1.82) is 0 Å². The highest BCUT2D eigenvalue weighted by atomic mass is 32.1. The second kappa shape index (κ2) is 8.59. The molecule has 3 heterocycles. The molecule has 0 bridgehead atoms. The van der Waals surface area contributed by atoms with Crippen LogP contribution in [0.2, 0.25) is 0 Å². The van der Waals surface area contributed by atoms with E-state index >= 15 is 0 Å². The number of anilines is 1. The first-order chi connectivity index (χ1) is 14.1. The number of aromatic nitrogens is 1. The fourth-order valence-corrected chi connectivity index (χ4v) is 4.21. The number of carbonyl (C=O) groups is 2. The summed E-state index contributed by atoms with van der Waals surface area (Å²) in [6, 6.07) is 11.5. The van der Waals surface area contributed by atoms with Crippen molar-refractivity contribution in [2.75, 3.05) is 38.0 Å². The van der Waals surface area contributed by atoms with Gasteiger partial charge in [-0.05, 0) is 47.8 Å². The molecule has 1 fully saturated rings. The molecule has 1 saturated heterocycles. The average molecular weight is 412 g/mol. The first kappa shape index (κ1) is 19.4. The van der Waals surface area contributed by atoms with E-state index in [0.717, 1.165) is 10.6 Å². The third-order valence-corrected chi connectivity index (χ3v) is 5.77. The van der Waals surface area contributed by atoms with E-state index in [0.29, 0.717) is 31.9 Å². The molecule has 8 heteroatoms. The van der Waals surface area contributed by atoms with Crippen LogP contribution in [-0.2, 0) is 4.79 Å². The molecule has 0 spiro atoms. The van der Waals surface area contributed by atoms with Crippen LogP contribution >= 0.6 is 11.3 Å². The zero-order valence-corrected chi connectivity index (χ0v) is 16.6. The van der Waals surface area contributed by atoms with Crippen LogP contribution in [0.3, 0.4) is 0 Å². The van der Waals surface area contributed by atoms with Crippen LogP contribution in [-0.4, -0.2) is 58.9 Å². The predicted octanol–water partition coefficient (Wildman–Crippen LogP) is 3.07. The Morgan fingerprint density at radius 1 is 1.00 bits per heavy atom. The molecule has 1 aliphatic rings. The van der Waals surface area contributed by atoms with Crippen molar-refractivity contribution in [1.82, 2.24) is 14.4 Å². The smallest absolute Gasteiger partial charge is 0.266 e. The Morgan fingerprint density at radius 2 is 1.69 bits per heavy atom. The second-order valence-electron chi connectivity index (χ2n) is 6.85. The molecular formula is C21H21FN4O2S. The lowest BCUT2D eigenvalue weighted by Gasteiger charge is -2.34. The summed E-state index contributed by atoms with van der Waals surface area (Å²) in [7, 11) is 0. The standard InChI is InChI=1S/C21H21FN4O2S/c22-16-3-5-17(6-4-16)23-19(27)15-24-10-12-26(13-11-24)21(28)20-18(7-14-29-20)25-8-1-2-9-25/h1-9,14H,10-13,15H2,(H,23,27). The van der Waals surface area contributed by atoms with Crippen molar-refractivity contribution < 1.29 is 14.0 Å². The molecule has 0 aliphatic carbocycles. The Balaban J connectivity index is 1.30. The lowest BCUT2D eigenvalue weighted by atomic mass is 10.2. The first-order valence-electron chi connectivity index (χ1n) is 9.38. The lowest BCUT2D eigenvalue weighted by molar-refractivity contribution is -0.117. The summed E-state index contributed by atoms with van der Waals surface area (Å²) in [5, 5.41) is 4.70. The van der Waals surface area contributed by atoms with Crippen LogP contribution < -0.4 is 5.32 Å². The van der Waals surface area contributed by atoms with Gasteiger partial charge < -0.3 is 14.8 Å². The van der Waals surface area contributed by atoms with Crippen molar-refractivity contribution in [3.8, 4) is 5.69 Å². The van der Waals surface area contributed by atoms with Gasteiger partial charge in [-0.1, -0.05) is 0 Å². The quantitative estimate of drug-likeness (QED) is 0.701. The van der Waals surface area contributed by atoms with Crippen molar-refractivity contribution in [2.24, 2.45) is 0 Å². The van der Waals surface area contributed by atoms with Gasteiger partial charge in [0.2, 0.25) is 5.91 Å². The molecule has 1 N–H and O–H groups in total. The first-order valence-corrected chi connectivity index (χ1v) is 10.3. The summed E-state index contributed by atoms with van der Waals surface area (Å²) >= 11 is 1.45. The molecule has 0 radical (unpaired) electrons. The number of nitrogens with one attached hydrogen (secondary N) is 1. The fraction of sp³-hybridized carbons (Fsp3) is 0.238. The Morgan fingerprint density at radius 3 is 2.38 bits per heavy atom. The summed E-state index contributed by atoms with van der Waals surface area (Å²) in [6.07, 6.45) is 3.85. The van der Waals surface area contributed by atoms with E-state index in [4.69, 9.17) is 0 Å². The van der Waals surface area contributed by atoms with Crippen LogP contribution in [0.15, 0.2) is 60.2 Å². The Hall–Kier alpha value is -2.97. The molecule has 2 aromatic heterocycles. The largest absolute Gasteiger partial charge is 0.335 e. The number of benzene rings is 1. The van der Waals surface area contributed by atoms with Gasteiger partial charge in [0.15, 0.2) is 0 Å². The number of carbonyl (C=O) groups excluding carboxylic acids is 2. The van der Waals surface area contributed by atoms with Crippen molar-refractivity contribution >= 4 is 28.8 Å². The summed E-state index contributed by atoms with van der Waals surface area (Å²) in [5.74, 6) is -0.460. The molecule has 0 unspecified atom stereocenters. The van der Waals surface area contributed by atoms with E-state index < -0.39 is 0 Å². The third-order valence-electron chi connectivity index (χ3n) is 4.88. The minimum Gasteiger partial charge on any atom is -0.335 e. The van der Waals surface area contributed by atoms with Crippen LogP contribution in [0.25, 0.3) is 5.69 Å². The van der Waals surface area contributed by atoms with E-state index in [1.807, 2.05) is 50.3 Å². The van der Waals surface area contributed by atoms with E-state index in [1.54, 1.807) is 0 Å². The van der Waals surface area contributed by atoms with Gasteiger partial charge in [0.25, 0.3) is 5.91 Å². The summed E-state index contributed by atoms with van der Waals surface area (Å²) in [5.41, 5.74) is 1.46. The van der Waals surface area contributed by atoms with Gasteiger partial charge in [-0.2, -0.15) is 0 Å². The monoisotopic (exact) mass is 412 g/mol. The predicted molar refractivity (Wildman–Crippen MR) is 111 cm³/mol. The van der Waals surface area contributed by atoms with E-state index in [1.165, 1.54) is 35.6 Å². The second-order valence-corrected chi connectivity index (χ2v) is 7.76. The van der Waals surface area contributed by atoms with Crippen LogP contribution in [0.5, 0.6) is 0 Å². The molecule has 1 aromatic carbocycles. The number of rotatable bonds is 5. The molecule has 1 aliphatic heterocycles. The zero-order chi connectivity index (χ0) is 20.2. The Bertz CT molecular complexity index is 977. The van der Waals surface area contributed by atoms with E-state index in [-0.39, 0.29) is 24.2 Å². The molecule has 0 saturated carbocycles. The molecule has 29 heavy (non-hydrogen) atoms. The average Bonchev–Trinajstić information content (AvgIpc) is 3.41. The summed E-state index contributed by atoms with van der Waals surface area (Å²) in [6.45, 7) is 2.66. The van der Waals surface area contributed by atoms with Gasteiger partial charge in [-0.25, -0.2) is 4.39 Å².